The highest BCUT2D eigenvalue weighted by Gasteiger charge is 2.13. The van der Waals surface area contributed by atoms with Crippen LogP contribution >= 0.6 is 0 Å². The predicted octanol–water partition coefficient (Wildman–Crippen LogP) is 3.60. The molecular weight excluding hydrogens is 260 g/mol. The first kappa shape index (κ1) is 13.4. The lowest BCUT2D eigenvalue weighted by atomic mass is 10.0. The van der Waals surface area contributed by atoms with Crippen LogP contribution in [-0.2, 0) is 7.05 Å². The van der Waals surface area contributed by atoms with Crippen molar-refractivity contribution in [3.8, 4) is 11.1 Å². The number of aromatic nitrogens is 1. The largest absolute Gasteiger partial charge is 0.352 e. The van der Waals surface area contributed by atoms with Crippen molar-refractivity contribution < 1.29 is 4.79 Å². The topological polar surface area (TPSA) is 34.0 Å². The zero-order valence-corrected chi connectivity index (χ0v) is 12.3. The summed E-state index contributed by atoms with van der Waals surface area (Å²) in [5.41, 5.74) is 4.08. The molecule has 1 amide bonds. The molecule has 0 saturated heterocycles. The minimum atomic E-state index is -0.0201. The lowest BCUT2D eigenvalue weighted by molar-refractivity contribution is 0.0957. The van der Waals surface area contributed by atoms with Gasteiger partial charge in [-0.3, -0.25) is 4.79 Å². The van der Waals surface area contributed by atoms with Crippen LogP contribution in [0.25, 0.3) is 22.0 Å². The summed E-state index contributed by atoms with van der Waals surface area (Å²) in [6, 6.07) is 16.5. The first-order valence-electron chi connectivity index (χ1n) is 7.13. The number of nitrogens with zero attached hydrogens (tertiary/aromatic N) is 1. The molecule has 0 atom stereocenters. The maximum Gasteiger partial charge on any atom is 0.253 e. The van der Waals surface area contributed by atoms with Crippen LogP contribution in [0.4, 0.5) is 0 Å². The van der Waals surface area contributed by atoms with E-state index in [2.05, 4.69) is 35.6 Å². The van der Waals surface area contributed by atoms with Crippen molar-refractivity contribution in [3.05, 3.63) is 60.3 Å². The normalized spacial score (nSPS) is 10.8. The number of rotatable bonds is 3. The summed E-state index contributed by atoms with van der Waals surface area (Å²) in [6.45, 7) is 2.56. The van der Waals surface area contributed by atoms with E-state index in [1.807, 2.05) is 42.9 Å². The van der Waals surface area contributed by atoms with E-state index < -0.39 is 0 Å². The first-order chi connectivity index (χ1) is 10.2. The van der Waals surface area contributed by atoms with Crippen molar-refractivity contribution in [2.75, 3.05) is 6.54 Å². The van der Waals surface area contributed by atoms with Crippen LogP contribution in [-0.4, -0.2) is 17.0 Å². The molecule has 0 spiro atoms. The van der Waals surface area contributed by atoms with Crippen molar-refractivity contribution in [1.29, 1.82) is 0 Å². The van der Waals surface area contributed by atoms with Gasteiger partial charge in [0.15, 0.2) is 0 Å². The van der Waals surface area contributed by atoms with E-state index >= 15 is 0 Å². The van der Waals surface area contributed by atoms with Crippen LogP contribution in [0.2, 0.25) is 0 Å². The fourth-order valence-electron chi connectivity index (χ4n) is 2.64. The average molecular weight is 278 g/mol. The quantitative estimate of drug-likeness (QED) is 0.780. The number of aryl methyl sites for hydroxylation is 1. The van der Waals surface area contributed by atoms with Crippen LogP contribution in [0.5, 0.6) is 0 Å². The number of nitrogens with one attached hydrogen (secondary N) is 1. The fourth-order valence-corrected chi connectivity index (χ4v) is 2.64. The third-order valence-corrected chi connectivity index (χ3v) is 3.68. The van der Waals surface area contributed by atoms with Gasteiger partial charge in [-0.1, -0.05) is 36.4 Å². The van der Waals surface area contributed by atoms with E-state index in [9.17, 15) is 4.79 Å². The smallest absolute Gasteiger partial charge is 0.253 e. The predicted molar refractivity (Wildman–Crippen MR) is 86.4 cm³/mol. The van der Waals surface area contributed by atoms with E-state index in [0.717, 1.165) is 27.6 Å². The van der Waals surface area contributed by atoms with E-state index in [0.29, 0.717) is 6.54 Å². The summed E-state index contributed by atoms with van der Waals surface area (Å²) in [4.78, 5) is 12.2. The van der Waals surface area contributed by atoms with E-state index in [4.69, 9.17) is 0 Å². The summed E-state index contributed by atoms with van der Waals surface area (Å²) in [5, 5.41) is 3.86. The Bertz CT molecular complexity index is 788. The van der Waals surface area contributed by atoms with E-state index in [1.165, 1.54) is 0 Å². The third-order valence-electron chi connectivity index (χ3n) is 3.68. The standard InChI is InChI=1S/C18H18N2O/c1-3-19-18(21)16-12-20(2)17-10-9-14(11-15(16)17)13-7-5-4-6-8-13/h4-12H,3H2,1-2H3,(H,19,21). The molecule has 1 N–H and O–H groups in total. The number of carbonyl (C=O) groups excluding carboxylic acids is 1. The van der Waals surface area contributed by atoms with Crippen molar-refractivity contribution in [3.63, 3.8) is 0 Å². The molecule has 2 aromatic carbocycles. The minimum absolute atomic E-state index is 0.0201. The van der Waals surface area contributed by atoms with Crippen LogP contribution in [0.1, 0.15) is 17.3 Å². The third kappa shape index (κ3) is 2.42. The summed E-state index contributed by atoms with van der Waals surface area (Å²) in [6.07, 6.45) is 1.89. The van der Waals surface area contributed by atoms with Crippen molar-refractivity contribution in [1.82, 2.24) is 9.88 Å². The Balaban J connectivity index is 2.16. The molecule has 1 aromatic heterocycles. The molecule has 0 fully saturated rings. The Morgan fingerprint density at radius 1 is 1.10 bits per heavy atom. The van der Waals surface area contributed by atoms with Gasteiger partial charge in [0.2, 0.25) is 0 Å². The molecular formula is C18H18N2O. The molecule has 106 valence electrons. The second-order valence-corrected chi connectivity index (χ2v) is 5.11. The molecule has 0 aliphatic rings. The Labute approximate surface area is 124 Å². The van der Waals surface area contributed by atoms with Gasteiger partial charge in [0.25, 0.3) is 5.91 Å². The van der Waals surface area contributed by atoms with Crippen molar-refractivity contribution in [2.45, 2.75) is 6.92 Å². The molecule has 1 heterocycles. The monoisotopic (exact) mass is 278 g/mol. The Kier molecular flexibility index (Phi) is 3.48. The molecule has 0 aliphatic heterocycles. The number of amides is 1. The average Bonchev–Trinajstić information content (AvgIpc) is 2.85. The van der Waals surface area contributed by atoms with Crippen LogP contribution in [0.15, 0.2) is 54.7 Å². The maximum atomic E-state index is 12.2. The van der Waals surface area contributed by atoms with Gasteiger partial charge in [0.1, 0.15) is 0 Å². The summed E-state index contributed by atoms with van der Waals surface area (Å²) in [5.74, 6) is -0.0201. The second kappa shape index (κ2) is 5.44. The number of benzene rings is 2. The lowest BCUT2D eigenvalue weighted by Gasteiger charge is -2.04. The van der Waals surface area contributed by atoms with Crippen molar-refractivity contribution in [2.24, 2.45) is 7.05 Å². The molecule has 0 saturated carbocycles. The number of fused-ring (bicyclic) bond motifs is 1. The second-order valence-electron chi connectivity index (χ2n) is 5.11. The summed E-state index contributed by atoms with van der Waals surface area (Å²) >= 11 is 0. The van der Waals surface area contributed by atoms with Gasteiger partial charge in [-0.2, -0.15) is 0 Å². The molecule has 3 nitrogen and oxygen atoms in total. The van der Waals surface area contributed by atoms with Gasteiger partial charge in [0, 0.05) is 30.7 Å². The SMILES string of the molecule is CCNC(=O)c1cn(C)c2ccc(-c3ccccc3)cc12. The van der Waals surface area contributed by atoms with Crippen molar-refractivity contribution >= 4 is 16.8 Å². The van der Waals surface area contributed by atoms with Gasteiger partial charge in [-0.05, 0) is 30.2 Å². The zero-order valence-electron chi connectivity index (χ0n) is 12.3. The Hall–Kier alpha value is -2.55. The highest BCUT2D eigenvalue weighted by Crippen LogP contribution is 2.27. The number of hydrogen-bond donors (Lipinski definition) is 1. The molecule has 0 radical (unpaired) electrons. The van der Waals surface area contributed by atoms with Gasteiger partial charge in [0.05, 0.1) is 5.56 Å². The number of hydrogen-bond acceptors (Lipinski definition) is 1. The fraction of sp³-hybridized carbons (Fsp3) is 0.167. The van der Waals surface area contributed by atoms with E-state index in [1.54, 1.807) is 0 Å². The molecule has 0 bridgehead atoms. The molecule has 0 aliphatic carbocycles. The summed E-state index contributed by atoms with van der Waals surface area (Å²) < 4.78 is 1.99. The maximum absolute atomic E-state index is 12.2. The minimum Gasteiger partial charge on any atom is -0.352 e. The van der Waals surface area contributed by atoms with E-state index in [-0.39, 0.29) is 5.91 Å². The van der Waals surface area contributed by atoms with Crippen LogP contribution in [0.3, 0.4) is 0 Å². The Morgan fingerprint density at radius 2 is 1.86 bits per heavy atom. The van der Waals surface area contributed by atoms with Gasteiger partial charge in [-0.25, -0.2) is 0 Å². The molecule has 3 heteroatoms. The van der Waals surface area contributed by atoms with Crippen LogP contribution < -0.4 is 5.32 Å². The molecule has 3 rings (SSSR count). The highest BCUT2D eigenvalue weighted by atomic mass is 16.1. The highest BCUT2D eigenvalue weighted by molar-refractivity contribution is 6.07. The zero-order chi connectivity index (χ0) is 14.8. The summed E-state index contributed by atoms with van der Waals surface area (Å²) in [7, 11) is 1.97. The van der Waals surface area contributed by atoms with Gasteiger partial charge in [-0.15, -0.1) is 0 Å². The van der Waals surface area contributed by atoms with Crippen LogP contribution in [0, 0.1) is 0 Å². The molecule has 0 unspecified atom stereocenters. The molecule has 3 aromatic rings. The van der Waals surface area contributed by atoms with Gasteiger partial charge >= 0.3 is 0 Å². The lowest BCUT2D eigenvalue weighted by Crippen LogP contribution is -2.22. The van der Waals surface area contributed by atoms with Gasteiger partial charge < -0.3 is 9.88 Å². The number of carbonyl (C=O) groups is 1. The molecule has 21 heavy (non-hydrogen) atoms. The first-order valence-corrected chi connectivity index (χ1v) is 7.13. The Morgan fingerprint density at radius 3 is 2.57 bits per heavy atom.